The molecule has 0 aliphatic rings. The van der Waals surface area contributed by atoms with Crippen molar-refractivity contribution in [1.29, 1.82) is 5.26 Å². The molecule has 0 saturated carbocycles. The molecule has 0 spiro atoms. The highest BCUT2D eigenvalue weighted by Gasteiger charge is 2.14. The predicted octanol–water partition coefficient (Wildman–Crippen LogP) is 4.38. The van der Waals surface area contributed by atoms with Crippen LogP contribution in [0.15, 0.2) is 56.7 Å². The second kappa shape index (κ2) is 5.87. The second-order valence-corrected chi connectivity index (χ2v) is 5.67. The molecule has 0 bridgehead atoms. The van der Waals surface area contributed by atoms with E-state index in [0.29, 0.717) is 0 Å². The average Bonchev–Trinajstić information content (AvgIpc) is 2.41. The summed E-state index contributed by atoms with van der Waals surface area (Å²) in [7, 11) is 0. The highest BCUT2D eigenvalue weighted by molar-refractivity contribution is 9.10. The Kier molecular flexibility index (Phi) is 4.20. The smallest absolute Gasteiger partial charge is 0.258 e. The fourth-order valence-electron chi connectivity index (χ4n) is 1.46. The number of hydrogen-bond donors (Lipinski definition) is 0. The van der Waals surface area contributed by atoms with Crippen LogP contribution in [0.1, 0.15) is 5.56 Å². The van der Waals surface area contributed by atoms with E-state index in [4.69, 9.17) is 5.26 Å². The molecule has 0 unspecified atom stereocenters. The molecule has 2 aromatic rings. The number of nitro groups is 1. The molecule has 0 aliphatic carbocycles. The van der Waals surface area contributed by atoms with E-state index in [9.17, 15) is 10.1 Å². The monoisotopic (exact) mass is 334 g/mol. The van der Waals surface area contributed by atoms with Crippen molar-refractivity contribution in [3.8, 4) is 6.07 Å². The van der Waals surface area contributed by atoms with Crippen molar-refractivity contribution in [3.05, 3.63) is 62.6 Å². The van der Waals surface area contributed by atoms with Crippen LogP contribution < -0.4 is 0 Å². The number of nitro benzene ring substituents is 1. The van der Waals surface area contributed by atoms with Crippen molar-refractivity contribution < 1.29 is 4.92 Å². The molecule has 0 heterocycles. The van der Waals surface area contributed by atoms with E-state index in [1.54, 1.807) is 6.07 Å². The largest absolute Gasteiger partial charge is 0.288 e. The molecule has 94 valence electrons. The lowest BCUT2D eigenvalue weighted by atomic mass is 10.2. The Labute approximate surface area is 122 Å². The zero-order valence-corrected chi connectivity index (χ0v) is 11.9. The number of nitriles is 1. The first-order valence-electron chi connectivity index (χ1n) is 5.22. The first kappa shape index (κ1) is 13.6. The van der Waals surface area contributed by atoms with Gasteiger partial charge < -0.3 is 0 Å². The van der Waals surface area contributed by atoms with Gasteiger partial charge in [-0.2, -0.15) is 5.26 Å². The van der Waals surface area contributed by atoms with E-state index in [1.807, 2.05) is 30.3 Å². The van der Waals surface area contributed by atoms with Gasteiger partial charge in [0.25, 0.3) is 5.69 Å². The van der Waals surface area contributed by atoms with Crippen molar-refractivity contribution in [2.24, 2.45) is 0 Å². The summed E-state index contributed by atoms with van der Waals surface area (Å²) < 4.78 is 0.975. The Morgan fingerprint density at radius 3 is 2.37 bits per heavy atom. The molecule has 0 N–H and O–H groups in total. The topological polar surface area (TPSA) is 66.9 Å². The zero-order chi connectivity index (χ0) is 13.8. The number of nitrogens with zero attached hydrogens (tertiary/aromatic N) is 2. The van der Waals surface area contributed by atoms with Gasteiger partial charge in [-0.1, -0.05) is 27.7 Å². The lowest BCUT2D eigenvalue weighted by Crippen LogP contribution is -1.92. The number of rotatable bonds is 3. The molecule has 0 radical (unpaired) electrons. The van der Waals surface area contributed by atoms with Gasteiger partial charge in [0.2, 0.25) is 0 Å². The van der Waals surface area contributed by atoms with Crippen LogP contribution in [0.5, 0.6) is 0 Å². The standard InChI is InChI=1S/C13H7BrN2O2S/c14-10-2-5-11(6-3-10)19-12-4-1-9(8-15)13(7-12)16(17)18/h1-7H. The van der Waals surface area contributed by atoms with Crippen LogP contribution in [0.4, 0.5) is 5.69 Å². The van der Waals surface area contributed by atoms with E-state index >= 15 is 0 Å². The highest BCUT2D eigenvalue weighted by atomic mass is 79.9. The van der Waals surface area contributed by atoms with Gasteiger partial charge in [0.05, 0.1) is 4.92 Å². The van der Waals surface area contributed by atoms with E-state index in [0.717, 1.165) is 14.3 Å². The van der Waals surface area contributed by atoms with Crippen molar-refractivity contribution >= 4 is 33.4 Å². The molecule has 0 aromatic heterocycles. The molecule has 2 rings (SSSR count). The minimum atomic E-state index is -0.538. The van der Waals surface area contributed by atoms with Gasteiger partial charge in [-0.3, -0.25) is 10.1 Å². The molecule has 0 aliphatic heterocycles. The molecule has 0 fully saturated rings. The van der Waals surface area contributed by atoms with Gasteiger partial charge in [0, 0.05) is 20.3 Å². The number of hydrogen-bond acceptors (Lipinski definition) is 4. The summed E-state index contributed by atoms with van der Waals surface area (Å²) in [5.74, 6) is 0. The maximum atomic E-state index is 10.9. The normalized spacial score (nSPS) is 9.89. The summed E-state index contributed by atoms with van der Waals surface area (Å²) in [4.78, 5) is 12.0. The number of halogens is 1. The van der Waals surface area contributed by atoms with Crippen LogP contribution in [0.3, 0.4) is 0 Å². The maximum Gasteiger partial charge on any atom is 0.288 e. The third-order valence-corrected chi connectivity index (χ3v) is 3.86. The molecule has 19 heavy (non-hydrogen) atoms. The van der Waals surface area contributed by atoms with Gasteiger partial charge in [0.1, 0.15) is 11.6 Å². The first-order valence-corrected chi connectivity index (χ1v) is 6.83. The van der Waals surface area contributed by atoms with Gasteiger partial charge in [-0.05, 0) is 36.4 Å². The SMILES string of the molecule is N#Cc1ccc(Sc2ccc(Br)cc2)cc1[N+](=O)[O-]. The molecule has 0 atom stereocenters. The quantitative estimate of drug-likeness (QED) is 0.617. The molecular weight excluding hydrogens is 328 g/mol. The Morgan fingerprint density at radius 2 is 1.79 bits per heavy atom. The fourth-order valence-corrected chi connectivity index (χ4v) is 2.57. The minimum absolute atomic E-state index is 0.0742. The average molecular weight is 335 g/mol. The number of benzene rings is 2. The summed E-state index contributed by atoms with van der Waals surface area (Å²) >= 11 is 4.76. The predicted molar refractivity (Wildman–Crippen MR) is 76.1 cm³/mol. The van der Waals surface area contributed by atoms with Gasteiger partial charge in [0.15, 0.2) is 0 Å². The van der Waals surface area contributed by atoms with Crippen molar-refractivity contribution in [3.63, 3.8) is 0 Å². The van der Waals surface area contributed by atoms with Gasteiger partial charge >= 0.3 is 0 Å². The van der Waals surface area contributed by atoms with Crippen LogP contribution in [0.25, 0.3) is 0 Å². The summed E-state index contributed by atoms with van der Waals surface area (Å²) in [5.41, 5.74) is -0.0882. The van der Waals surface area contributed by atoms with Gasteiger partial charge in [-0.15, -0.1) is 0 Å². The molecule has 2 aromatic carbocycles. The van der Waals surface area contributed by atoms with Crippen LogP contribution in [0, 0.1) is 21.4 Å². The Morgan fingerprint density at radius 1 is 1.16 bits per heavy atom. The van der Waals surface area contributed by atoms with Crippen LogP contribution in [0.2, 0.25) is 0 Å². The summed E-state index contributed by atoms with van der Waals surface area (Å²) in [6.45, 7) is 0. The maximum absolute atomic E-state index is 10.9. The molecule has 4 nitrogen and oxygen atoms in total. The Balaban J connectivity index is 2.31. The first-order chi connectivity index (χ1) is 9.10. The third kappa shape index (κ3) is 3.34. The minimum Gasteiger partial charge on any atom is -0.258 e. The highest BCUT2D eigenvalue weighted by Crippen LogP contribution is 2.32. The fraction of sp³-hybridized carbons (Fsp3) is 0. The summed E-state index contributed by atoms with van der Waals surface area (Å²) in [6.07, 6.45) is 0. The van der Waals surface area contributed by atoms with Crippen molar-refractivity contribution in [2.75, 3.05) is 0 Å². The summed E-state index contributed by atoms with van der Waals surface area (Å²) in [5, 5.41) is 19.7. The van der Waals surface area contributed by atoms with Crippen LogP contribution in [-0.4, -0.2) is 4.92 Å². The molecule has 6 heteroatoms. The van der Waals surface area contributed by atoms with E-state index < -0.39 is 4.92 Å². The molecular formula is C13H7BrN2O2S. The lowest BCUT2D eigenvalue weighted by Gasteiger charge is -2.02. The van der Waals surface area contributed by atoms with Crippen LogP contribution in [-0.2, 0) is 0 Å². The van der Waals surface area contributed by atoms with E-state index in [1.165, 1.54) is 23.9 Å². The van der Waals surface area contributed by atoms with Crippen molar-refractivity contribution in [2.45, 2.75) is 9.79 Å². The summed E-state index contributed by atoms with van der Waals surface area (Å²) in [6, 6.07) is 14.1. The van der Waals surface area contributed by atoms with Crippen LogP contribution >= 0.6 is 27.7 Å². The van der Waals surface area contributed by atoms with E-state index in [-0.39, 0.29) is 11.3 Å². The Hall–Kier alpha value is -1.84. The molecule has 0 saturated heterocycles. The Bertz CT molecular complexity index is 665. The van der Waals surface area contributed by atoms with Gasteiger partial charge in [-0.25, -0.2) is 0 Å². The van der Waals surface area contributed by atoms with E-state index in [2.05, 4.69) is 15.9 Å². The zero-order valence-electron chi connectivity index (χ0n) is 9.54. The second-order valence-electron chi connectivity index (χ2n) is 3.60. The lowest BCUT2D eigenvalue weighted by molar-refractivity contribution is -0.385. The third-order valence-electron chi connectivity index (χ3n) is 2.34. The van der Waals surface area contributed by atoms with Crippen molar-refractivity contribution in [1.82, 2.24) is 0 Å². The molecule has 0 amide bonds.